The second-order valence-corrected chi connectivity index (χ2v) is 4.54. The summed E-state index contributed by atoms with van der Waals surface area (Å²) < 4.78 is 0. The first kappa shape index (κ1) is 11.9. The Bertz CT molecular complexity index is 497. The highest BCUT2D eigenvalue weighted by Gasteiger charge is 2.46. The summed E-state index contributed by atoms with van der Waals surface area (Å²) in [6, 6.07) is 4.20. The fourth-order valence-corrected chi connectivity index (χ4v) is 1.59. The third-order valence-corrected chi connectivity index (χ3v) is 2.94. The second kappa shape index (κ2) is 4.01. The topological polar surface area (TPSA) is 92.4 Å². The molecule has 0 heterocycles. The van der Waals surface area contributed by atoms with Gasteiger partial charge >= 0.3 is 5.97 Å². The number of nitrogens with one attached hydrogen (secondary N) is 1. The zero-order valence-electron chi connectivity index (χ0n) is 8.87. The molecule has 0 aromatic heterocycles. The molecule has 5 nitrogen and oxygen atoms in total. The Balaban J connectivity index is 2.27. The third-order valence-electron chi connectivity index (χ3n) is 2.70. The average molecular weight is 255 g/mol. The van der Waals surface area contributed by atoms with Crippen LogP contribution in [0.25, 0.3) is 0 Å². The predicted molar refractivity (Wildman–Crippen MR) is 63.2 cm³/mol. The van der Waals surface area contributed by atoms with Gasteiger partial charge in [0.05, 0.1) is 16.8 Å². The Morgan fingerprint density at radius 2 is 2.06 bits per heavy atom. The number of rotatable bonds is 3. The van der Waals surface area contributed by atoms with Gasteiger partial charge in [0, 0.05) is 5.02 Å². The van der Waals surface area contributed by atoms with Crippen molar-refractivity contribution < 1.29 is 14.7 Å². The maximum Gasteiger partial charge on any atom is 0.337 e. The molecular weight excluding hydrogens is 244 g/mol. The van der Waals surface area contributed by atoms with Crippen molar-refractivity contribution in [3.8, 4) is 0 Å². The van der Waals surface area contributed by atoms with E-state index in [1.165, 1.54) is 18.2 Å². The van der Waals surface area contributed by atoms with Crippen molar-refractivity contribution >= 4 is 29.2 Å². The van der Waals surface area contributed by atoms with E-state index in [1.807, 2.05) is 0 Å². The van der Waals surface area contributed by atoms with Crippen molar-refractivity contribution in [2.75, 3.05) is 5.32 Å². The molecule has 0 unspecified atom stereocenters. The number of carbonyl (C=O) groups is 2. The highest BCUT2D eigenvalue weighted by Crippen LogP contribution is 2.34. The lowest BCUT2D eigenvalue weighted by Gasteiger charge is -2.12. The molecule has 6 heteroatoms. The van der Waals surface area contributed by atoms with Crippen LogP contribution >= 0.6 is 11.6 Å². The highest BCUT2D eigenvalue weighted by molar-refractivity contribution is 6.31. The van der Waals surface area contributed by atoms with E-state index in [1.54, 1.807) is 0 Å². The number of carboxylic acid groups (broad SMARTS) is 1. The third kappa shape index (κ3) is 2.40. The molecule has 1 aliphatic rings. The van der Waals surface area contributed by atoms with Gasteiger partial charge in [-0.15, -0.1) is 0 Å². The number of amides is 1. The molecule has 1 fully saturated rings. The van der Waals surface area contributed by atoms with Crippen LogP contribution in [0.4, 0.5) is 5.69 Å². The van der Waals surface area contributed by atoms with E-state index >= 15 is 0 Å². The van der Waals surface area contributed by atoms with Crippen LogP contribution in [0.1, 0.15) is 23.2 Å². The molecule has 1 amide bonds. The number of carbonyl (C=O) groups excluding carboxylic acids is 1. The summed E-state index contributed by atoms with van der Waals surface area (Å²) in [5.74, 6) is -1.50. The first-order chi connectivity index (χ1) is 7.92. The minimum Gasteiger partial charge on any atom is -0.478 e. The first-order valence-electron chi connectivity index (χ1n) is 5.05. The molecule has 0 saturated heterocycles. The smallest absolute Gasteiger partial charge is 0.337 e. The van der Waals surface area contributed by atoms with Crippen LogP contribution in [0.5, 0.6) is 0 Å². The van der Waals surface area contributed by atoms with Gasteiger partial charge in [0.2, 0.25) is 5.91 Å². The van der Waals surface area contributed by atoms with Crippen LogP contribution in [0.3, 0.4) is 0 Å². The van der Waals surface area contributed by atoms with Crippen LogP contribution in [-0.2, 0) is 4.79 Å². The van der Waals surface area contributed by atoms with Crippen molar-refractivity contribution in [3.63, 3.8) is 0 Å². The summed E-state index contributed by atoms with van der Waals surface area (Å²) in [7, 11) is 0. The van der Waals surface area contributed by atoms with Crippen LogP contribution in [0.15, 0.2) is 18.2 Å². The normalized spacial score (nSPS) is 16.4. The molecule has 0 radical (unpaired) electrons. The number of anilines is 1. The van der Waals surface area contributed by atoms with Gasteiger partial charge in [-0.1, -0.05) is 11.6 Å². The van der Waals surface area contributed by atoms with Gasteiger partial charge in [-0.2, -0.15) is 0 Å². The average Bonchev–Trinajstić information content (AvgIpc) is 2.97. The van der Waals surface area contributed by atoms with E-state index in [4.69, 9.17) is 22.4 Å². The standard InChI is InChI=1S/C11H11ClN2O3/c12-6-1-2-7(9(15)16)8(5-6)14-10(17)11(13)3-4-11/h1-2,5H,3-4,13H2,(H,14,17)(H,15,16). The largest absolute Gasteiger partial charge is 0.478 e. The van der Waals surface area contributed by atoms with Crippen LogP contribution in [0, 0.1) is 0 Å². The maximum absolute atomic E-state index is 11.7. The lowest BCUT2D eigenvalue weighted by molar-refractivity contribution is -0.118. The first-order valence-corrected chi connectivity index (χ1v) is 5.43. The Kier molecular flexibility index (Phi) is 2.81. The van der Waals surface area contributed by atoms with Gasteiger partial charge in [-0.05, 0) is 31.0 Å². The van der Waals surface area contributed by atoms with E-state index in [9.17, 15) is 9.59 Å². The molecule has 1 aromatic rings. The monoisotopic (exact) mass is 254 g/mol. The number of benzene rings is 1. The molecule has 17 heavy (non-hydrogen) atoms. The van der Waals surface area contributed by atoms with E-state index in [-0.39, 0.29) is 17.2 Å². The zero-order chi connectivity index (χ0) is 12.6. The van der Waals surface area contributed by atoms with Crippen molar-refractivity contribution in [2.24, 2.45) is 5.73 Å². The molecule has 2 rings (SSSR count). The Morgan fingerprint density at radius 1 is 1.41 bits per heavy atom. The van der Waals surface area contributed by atoms with E-state index in [0.717, 1.165) is 0 Å². The number of hydrogen-bond donors (Lipinski definition) is 3. The van der Waals surface area contributed by atoms with Gasteiger partial charge < -0.3 is 16.2 Å². The molecule has 0 aliphatic heterocycles. The van der Waals surface area contributed by atoms with E-state index in [0.29, 0.717) is 17.9 Å². The fraction of sp³-hybridized carbons (Fsp3) is 0.273. The molecule has 1 aliphatic carbocycles. The Labute approximate surface area is 103 Å². The quantitative estimate of drug-likeness (QED) is 0.762. The Morgan fingerprint density at radius 3 is 2.59 bits per heavy atom. The summed E-state index contributed by atoms with van der Waals surface area (Å²) in [6.45, 7) is 0. The van der Waals surface area contributed by atoms with Crippen molar-refractivity contribution in [1.29, 1.82) is 0 Å². The van der Waals surface area contributed by atoms with Gasteiger partial charge in [0.15, 0.2) is 0 Å². The minimum atomic E-state index is -1.13. The molecule has 90 valence electrons. The van der Waals surface area contributed by atoms with Gasteiger partial charge in [0.1, 0.15) is 0 Å². The number of aromatic carboxylic acids is 1. The molecule has 0 atom stereocenters. The minimum absolute atomic E-state index is 0.00741. The molecule has 0 bridgehead atoms. The number of halogens is 1. The summed E-state index contributed by atoms with van der Waals surface area (Å²) >= 11 is 5.76. The van der Waals surface area contributed by atoms with E-state index in [2.05, 4.69) is 5.32 Å². The lowest BCUT2D eigenvalue weighted by Crippen LogP contribution is -2.38. The molecule has 1 saturated carbocycles. The molecule has 4 N–H and O–H groups in total. The lowest BCUT2D eigenvalue weighted by atomic mass is 10.1. The van der Waals surface area contributed by atoms with Crippen LogP contribution in [-0.4, -0.2) is 22.5 Å². The van der Waals surface area contributed by atoms with Gasteiger partial charge in [0.25, 0.3) is 0 Å². The van der Waals surface area contributed by atoms with Crippen LogP contribution in [0.2, 0.25) is 5.02 Å². The van der Waals surface area contributed by atoms with Crippen molar-refractivity contribution in [3.05, 3.63) is 28.8 Å². The number of hydrogen-bond acceptors (Lipinski definition) is 3. The summed E-state index contributed by atoms with van der Waals surface area (Å²) in [5.41, 5.74) is 5.03. The summed E-state index contributed by atoms with van der Waals surface area (Å²) in [4.78, 5) is 22.7. The fourth-order valence-electron chi connectivity index (χ4n) is 1.41. The molecular formula is C11H11ClN2O3. The predicted octanol–water partition coefficient (Wildman–Crippen LogP) is 1.47. The number of carboxylic acids is 1. The van der Waals surface area contributed by atoms with Gasteiger partial charge in [-0.3, -0.25) is 4.79 Å². The van der Waals surface area contributed by atoms with Crippen molar-refractivity contribution in [2.45, 2.75) is 18.4 Å². The van der Waals surface area contributed by atoms with E-state index < -0.39 is 11.5 Å². The van der Waals surface area contributed by atoms with Gasteiger partial charge in [-0.25, -0.2) is 4.79 Å². The van der Waals surface area contributed by atoms with Crippen LogP contribution < -0.4 is 11.1 Å². The molecule has 1 aromatic carbocycles. The summed E-state index contributed by atoms with van der Waals surface area (Å²) in [5, 5.41) is 11.8. The Hall–Kier alpha value is -1.59. The highest BCUT2D eigenvalue weighted by atomic mass is 35.5. The maximum atomic E-state index is 11.7. The SMILES string of the molecule is NC1(C(=O)Nc2cc(Cl)ccc2C(=O)O)CC1. The van der Waals surface area contributed by atoms with Crippen molar-refractivity contribution in [1.82, 2.24) is 0 Å². The second-order valence-electron chi connectivity index (χ2n) is 4.11. The zero-order valence-corrected chi connectivity index (χ0v) is 9.62. The number of nitrogens with two attached hydrogens (primary N) is 1. The molecule has 0 spiro atoms. The summed E-state index contributed by atoms with van der Waals surface area (Å²) in [6.07, 6.45) is 1.23.